The van der Waals surface area contributed by atoms with Crippen molar-refractivity contribution in [3.05, 3.63) is 11.6 Å². The van der Waals surface area contributed by atoms with Crippen LogP contribution in [0.3, 0.4) is 0 Å². The molecule has 3 N–H and O–H groups in total. The molecule has 2 aliphatic heterocycles. The topological polar surface area (TPSA) is 73.5 Å². The number of hydrogen-bond acceptors (Lipinski definition) is 3. The van der Waals surface area contributed by atoms with E-state index >= 15 is 0 Å². The first-order chi connectivity index (χ1) is 11.1. The van der Waals surface area contributed by atoms with Crippen molar-refractivity contribution in [2.24, 2.45) is 11.8 Å². The molecule has 1 unspecified atom stereocenters. The number of amides is 3. The molecule has 0 spiro atoms. The second-order valence-corrected chi connectivity index (χ2v) is 6.90. The lowest BCUT2D eigenvalue weighted by Gasteiger charge is -2.32. The third kappa shape index (κ3) is 6.69. The van der Waals surface area contributed by atoms with Gasteiger partial charge in [-0.15, -0.1) is 12.4 Å². The molecule has 2 aliphatic rings. The standard InChI is InChI=1S/C17H30N4O2.ClH/c1-13(2)10-20-17(23)21-9-3-4-15(12-21)16(22)19-11-14-5-7-18-8-6-14;/h5,13,15,18H,3-4,6-12H2,1-2H3,(H,19,22)(H,20,23);1H. The zero-order valence-electron chi connectivity index (χ0n) is 14.8. The molecular formula is C17H31ClN4O2. The summed E-state index contributed by atoms with van der Waals surface area (Å²) in [4.78, 5) is 26.3. The van der Waals surface area contributed by atoms with Gasteiger partial charge in [-0.2, -0.15) is 0 Å². The van der Waals surface area contributed by atoms with Gasteiger partial charge in [0, 0.05) is 32.7 Å². The van der Waals surface area contributed by atoms with Crippen LogP contribution in [0.5, 0.6) is 0 Å². The van der Waals surface area contributed by atoms with Gasteiger partial charge in [0.2, 0.25) is 5.91 Å². The van der Waals surface area contributed by atoms with E-state index < -0.39 is 0 Å². The summed E-state index contributed by atoms with van der Waals surface area (Å²) in [6, 6.07) is -0.0442. The molecule has 3 amide bonds. The Bertz CT molecular complexity index is 454. The Hall–Kier alpha value is -1.27. The summed E-state index contributed by atoms with van der Waals surface area (Å²) in [6.45, 7) is 8.59. The van der Waals surface area contributed by atoms with Crippen LogP contribution in [0.25, 0.3) is 0 Å². The SMILES string of the molecule is CC(C)CNC(=O)N1CCCC(C(=O)NCC2=CCNCC2)C1.Cl. The highest BCUT2D eigenvalue weighted by Crippen LogP contribution is 2.17. The van der Waals surface area contributed by atoms with E-state index in [0.29, 0.717) is 25.6 Å². The van der Waals surface area contributed by atoms with Crippen molar-refractivity contribution >= 4 is 24.3 Å². The van der Waals surface area contributed by atoms with Crippen LogP contribution in [0.1, 0.15) is 33.1 Å². The van der Waals surface area contributed by atoms with Crippen LogP contribution < -0.4 is 16.0 Å². The normalized spacial score (nSPS) is 20.9. The number of halogens is 1. The maximum atomic E-state index is 12.4. The van der Waals surface area contributed by atoms with E-state index in [1.54, 1.807) is 4.90 Å². The van der Waals surface area contributed by atoms with Crippen molar-refractivity contribution in [2.45, 2.75) is 33.1 Å². The van der Waals surface area contributed by atoms with Gasteiger partial charge in [0.05, 0.1) is 5.92 Å². The van der Waals surface area contributed by atoms with Crippen LogP contribution >= 0.6 is 12.4 Å². The maximum Gasteiger partial charge on any atom is 0.317 e. The third-order valence-corrected chi connectivity index (χ3v) is 4.39. The number of likely N-dealkylation sites (tertiary alicyclic amines) is 1. The number of carbonyl (C=O) groups excluding carboxylic acids is 2. The van der Waals surface area contributed by atoms with E-state index in [0.717, 1.165) is 38.9 Å². The Balaban J connectivity index is 0.00000288. The molecule has 2 heterocycles. The molecule has 0 saturated carbocycles. The molecule has 0 aromatic carbocycles. The first kappa shape index (κ1) is 20.8. The Morgan fingerprint density at radius 2 is 2.17 bits per heavy atom. The number of hydrogen-bond donors (Lipinski definition) is 3. The fourth-order valence-electron chi connectivity index (χ4n) is 2.95. The second kappa shape index (κ2) is 10.6. The minimum absolute atomic E-state index is 0. The Kier molecular flexibility index (Phi) is 9.14. The molecule has 0 bridgehead atoms. The average Bonchev–Trinajstić information content (AvgIpc) is 2.58. The van der Waals surface area contributed by atoms with Gasteiger partial charge in [-0.1, -0.05) is 25.5 Å². The summed E-state index contributed by atoms with van der Waals surface area (Å²) in [6.07, 6.45) is 4.89. The van der Waals surface area contributed by atoms with Gasteiger partial charge < -0.3 is 20.9 Å². The number of piperidine rings is 1. The summed E-state index contributed by atoms with van der Waals surface area (Å²) in [7, 11) is 0. The van der Waals surface area contributed by atoms with Crippen LogP contribution in [-0.4, -0.2) is 56.1 Å². The van der Waals surface area contributed by atoms with Gasteiger partial charge in [0.25, 0.3) is 0 Å². The smallest absolute Gasteiger partial charge is 0.317 e. The van der Waals surface area contributed by atoms with E-state index in [2.05, 4.69) is 35.9 Å². The van der Waals surface area contributed by atoms with Gasteiger partial charge in [-0.3, -0.25) is 4.79 Å². The first-order valence-corrected chi connectivity index (χ1v) is 8.75. The zero-order valence-corrected chi connectivity index (χ0v) is 15.6. The zero-order chi connectivity index (χ0) is 16.7. The van der Waals surface area contributed by atoms with E-state index in [1.165, 1.54) is 5.57 Å². The van der Waals surface area contributed by atoms with Crippen LogP contribution in [0.4, 0.5) is 4.79 Å². The summed E-state index contributed by atoms with van der Waals surface area (Å²) < 4.78 is 0. The highest BCUT2D eigenvalue weighted by Gasteiger charge is 2.28. The van der Waals surface area contributed by atoms with Gasteiger partial charge in [-0.05, 0) is 31.7 Å². The van der Waals surface area contributed by atoms with Gasteiger partial charge in [-0.25, -0.2) is 4.79 Å². The van der Waals surface area contributed by atoms with Crippen LogP contribution in [0.15, 0.2) is 11.6 Å². The largest absolute Gasteiger partial charge is 0.352 e. The molecular weight excluding hydrogens is 328 g/mol. The monoisotopic (exact) mass is 358 g/mol. The van der Waals surface area contributed by atoms with E-state index in [9.17, 15) is 9.59 Å². The van der Waals surface area contributed by atoms with E-state index in [-0.39, 0.29) is 30.3 Å². The number of nitrogens with zero attached hydrogens (tertiary/aromatic N) is 1. The fraction of sp³-hybridized carbons (Fsp3) is 0.765. The minimum atomic E-state index is -0.0872. The third-order valence-electron chi connectivity index (χ3n) is 4.39. The summed E-state index contributed by atoms with van der Waals surface area (Å²) in [5.41, 5.74) is 1.29. The minimum Gasteiger partial charge on any atom is -0.352 e. The van der Waals surface area contributed by atoms with Gasteiger partial charge >= 0.3 is 6.03 Å². The van der Waals surface area contributed by atoms with Crippen molar-refractivity contribution in [3.63, 3.8) is 0 Å². The molecule has 0 aliphatic carbocycles. The lowest BCUT2D eigenvalue weighted by Crippen LogP contribution is -2.49. The molecule has 2 rings (SSSR count). The summed E-state index contributed by atoms with van der Waals surface area (Å²) in [5, 5.41) is 9.24. The lowest BCUT2D eigenvalue weighted by atomic mass is 9.97. The van der Waals surface area contributed by atoms with Crippen molar-refractivity contribution < 1.29 is 9.59 Å². The van der Waals surface area contributed by atoms with E-state index in [1.807, 2.05) is 0 Å². The predicted octanol–water partition coefficient (Wildman–Crippen LogP) is 1.52. The molecule has 0 radical (unpaired) electrons. The number of urea groups is 1. The maximum absolute atomic E-state index is 12.4. The molecule has 1 fully saturated rings. The second-order valence-electron chi connectivity index (χ2n) is 6.90. The van der Waals surface area contributed by atoms with Gasteiger partial charge in [0.15, 0.2) is 0 Å². The molecule has 0 aromatic heterocycles. The summed E-state index contributed by atoms with van der Waals surface area (Å²) in [5.74, 6) is 0.419. The molecule has 1 atom stereocenters. The van der Waals surface area contributed by atoms with Crippen LogP contribution in [0, 0.1) is 11.8 Å². The molecule has 0 aromatic rings. The molecule has 6 nitrogen and oxygen atoms in total. The fourth-order valence-corrected chi connectivity index (χ4v) is 2.95. The van der Waals surface area contributed by atoms with E-state index in [4.69, 9.17) is 0 Å². The highest BCUT2D eigenvalue weighted by molar-refractivity contribution is 5.85. The lowest BCUT2D eigenvalue weighted by molar-refractivity contribution is -0.126. The molecule has 1 saturated heterocycles. The van der Waals surface area contributed by atoms with Crippen LogP contribution in [-0.2, 0) is 4.79 Å². The Morgan fingerprint density at radius 3 is 2.83 bits per heavy atom. The van der Waals surface area contributed by atoms with Crippen molar-refractivity contribution in [1.82, 2.24) is 20.9 Å². The average molecular weight is 359 g/mol. The van der Waals surface area contributed by atoms with Crippen molar-refractivity contribution in [3.8, 4) is 0 Å². The Morgan fingerprint density at radius 1 is 1.38 bits per heavy atom. The molecule has 138 valence electrons. The first-order valence-electron chi connectivity index (χ1n) is 8.75. The predicted molar refractivity (Wildman–Crippen MR) is 98.4 cm³/mol. The summed E-state index contributed by atoms with van der Waals surface area (Å²) >= 11 is 0. The van der Waals surface area contributed by atoms with Crippen LogP contribution in [0.2, 0.25) is 0 Å². The molecule has 7 heteroatoms. The number of rotatable bonds is 5. The van der Waals surface area contributed by atoms with Crippen molar-refractivity contribution in [1.29, 1.82) is 0 Å². The van der Waals surface area contributed by atoms with Crippen molar-refractivity contribution in [2.75, 3.05) is 39.3 Å². The number of nitrogens with one attached hydrogen (secondary N) is 3. The Labute approximate surface area is 151 Å². The quantitative estimate of drug-likeness (QED) is 0.652. The number of carbonyl (C=O) groups is 2. The van der Waals surface area contributed by atoms with Gasteiger partial charge in [0.1, 0.15) is 0 Å². The molecule has 24 heavy (non-hydrogen) atoms. The highest BCUT2D eigenvalue weighted by atomic mass is 35.5.